The van der Waals surface area contributed by atoms with Gasteiger partial charge in [0.15, 0.2) is 0 Å². The first kappa shape index (κ1) is 20.9. The monoisotopic (exact) mass is 494 g/mol. The first-order chi connectivity index (χ1) is 19.2. The highest BCUT2D eigenvalue weighted by Gasteiger charge is 2.11. The van der Waals surface area contributed by atoms with Gasteiger partial charge in [0, 0.05) is 10.8 Å². The molecule has 0 radical (unpaired) electrons. The standard InChI is InChI=1S/C38H22O/c39-38-36-20-32-15-28-11-24-7-3-1-5-22(24)9-26(28)13-30(32)17-34(36)19-35-18-31-14-27-10-23-6-2-4-8-25(23)12-29(27)16-33(31)21-37(35)38/h1-21,39H. The molecule has 0 aliphatic rings. The molecule has 9 aromatic rings. The van der Waals surface area contributed by atoms with Crippen LogP contribution < -0.4 is 0 Å². The molecule has 9 rings (SSSR count). The van der Waals surface area contributed by atoms with E-state index in [2.05, 4.69) is 127 Å². The van der Waals surface area contributed by atoms with Gasteiger partial charge in [-0.25, -0.2) is 0 Å². The van der Waals surface area contributed by atoms with Crippen molar-refractivity contribution >= 4 is 86.2 Å². The van der Waals surface area contributed by atoms with E-state index >= 15 is 0 Å². The highest BCUT2D eigenvalue weighted by atomic mass is 16.3. The largest absolute Gasteiger partial charge is 0.507 e. The Labute approximate surface area is 224 Å². The molecule has 0 spiro atoms. The summed E-state index contributed by atoms with van der Waals surface area (Å²) in [6.07, 6.45) is 0. The molecule has 0 amide bonds. The molecule has 0 bridgehead atoms. The summed E-state index contributed by atoms with van der Waals surface area (Å²) in [6, 6.07) is 46.0. The van der Waals surface area contributed by atoms with Crippen LogP contribution in [0.2, 0.25) is 0 Å². The summed E-state index contributed by atoms with van der Waals surface area (Å²) in [6.45, 7) is 0. The van der Waals surface area contributed by atoms with E-state index in [1.807, 2.05) is 0 Å². The van der Waals surface area contributed by atoms with E-state index in [0.29, 0.717) is 5.75 Å². The lowest BCUT2D eigenvalue weighted by Crippen LogP contribution is -1.84. The number of phenolic OH excluding ortho intramolecular Hbond substituents is 1. The maximum atomic E-state index is 11.5. The maximum absolute atomic E-state index is 11.5. The van der Waals surface area contributed by atoms with Gasteiger partial charge in [0.05, 0.1) is 0 Å². The van der Waals surface area contributed by atoms with Gasteiger partial charge in [0.1, 0.15) is 5.75 Å². The fourth-order valence-electron chi connectivity index (χ4n) is 6.48. The number of benzene rings is 9. The summed E-state index contributed by atoms with van der Waals surface area (Å²) in [5, 5.41) is 29.9. The van der Waals surface area contributed by atoms with Crippen LogP contribution in [-0.2, 0) is 0 Å². The third-order valence-corrected chi connectivity index (χ3v) is 8.48. The predicted molar refractivity (Wildman–Crippen MR) is 168 cm³/mol. The predicted octanol–water partition coefficient (Wildman–Crippen LogP) is 10.6. The van der Waals surface area contributed by atoms with Crippen LogP contribution in [0.5, 0.6) is 5.75 Å². The molecule has 180 valence electrons. The molecule has 0 saturated heterocycles. The first-order valence-electron chi connectivity index (χ1n) is 13.4. The molecule has 0 aromatic heterocycles. The minimum Gasteiger partial charge on any atom is -0.507 e. The quantitative estimate of drug-likeness (QED) is 0.208. The second kappa shape index (κ2) is 7.46. The second-order valence-corrected chi connectivity index (χ2v) is 10.9. The Balaban J connectivity index is 1.31. The van der Waals surface area contributed by atoms with Crippen LogP contribution in [0.15, 0.2) is 127 Å². The van der Waals surface area contributed by atoms with Crippen LogP contribution in [-0.4, -0.2) is 5.11 Å². The smallest absolute Gasteiger partial charge is 0.131 e. The van der Waals surface area contributed by atoms with Crippen LogP contribution >= 0.6 is 0 Å². The number of fused-ring (bicyclic) bond motifs is 8. The van der Waals surface area contributed by atoms with Gasteiger partial charge in [-0.1, -0.05) is 48.5 Å². The fourth-order valence-corrected chi connectivity index (χ4v) is 6.48. The molecular formula is C38H22O. The van der Waals surface area contributed by atoms with Gasteiger partial charge < -0.3 is 5.11 Å². The Morgan fingerprint density at radius 1 is 0.256 bits per heavy atom. The number of hydrogen-bond donors (Lipinski definition) is 1. The van der Waals surface area contributed by atoms with Crippen LogP contribution in [0.4, 0.5) is 0 Å². The Hall–Kier alpha value is -5.14. The van der Waals surface area contributed by atoms with Crippen molar-refractivity contribution in [3.05, 3.63) is 127 Å². The molecule has 1 nitrogen and oxygen atoms in total. The molecule has 0 aliphatic carbocycles. The number of hydrogen-bond acceptors (Lipinski definition) is 1. The molecule has 9 aromatic carbocycles. The molecule has 0 aliphatic heterocycles. The zero-order valence-electron chi connectivity index (χ0n) is 21.1. The van der Waals surface area contributed by atoms with E-state index in [0.717, 1.165) is 32.3 Å². The number of aromatic hydroxyl groups is 1. The van der Waals surface area contributed by atoms with Crippen molar-refractivity contribution in [2.75, 3.05) is 0 Å². The lowest BCUT2D eigenvalue weighted by molar-refractivity contribution is 0.488. The minimum atomic E-state index is 0.350. The molecule has 1 N–H and O–H groups in total. The second-order valence-electron chi connectivity index (χ2n) is 10.9. The molecule has 0 fully saturated rings. The highest BCUT2D eigenvalue weighted by Crippen LogP contribution is 2.40. The van der Waals surface area contributed by atoms with Crippen molar-refractivity contribution in [2.24, 2.45) is 0 Å². The van der Waals surface area contributed by atoms with Gasteiger partial charge in [-0.2, -0.15) is 0 Å². The molecule has 0 atom stereocenters. The van der Waals surface area contributed by atoms with Crippen LogP contribution in [0.1, 0.15) is 0 Å². The topological polar surface area (TPSA) is 20.2 Å². The van der Waals surface area contributed by atoms with E-state index in [-0.39, 0.29) is 0 Å². The summed E-state index contributed by atoms with van der Waals surface area (Å²) >= 11 is 0. The van der Waals surface area contributed by atoms with Gasteiger partial charge in [0.25, 0.3) is 0 Å². The Morgan fingerprint density at radius 2 is 0.487 bits per heavy atom. The van der Waals surface area contributed by atoms with Gasteiger partial charge >= 0.3 is 0 Å². The van der Waals surface area contributed by atoms with E-state index < -0.39 is 0 Å². The molecule has 1 heteroatoms. The Morgan fingerprint density at radius 3 is 0.821 bits per heavy atom. The average Bonchev–Trinajstić information content (AvgIpc) is 2.95. The third-order valence-electron chi connectivity index (χ3n) is 8.48. The minimum absolute atomic E-state index is 0.350. The summed E-state index contributed by atoms with van der Waals surface area (Å²) in [7, 11) is 0. The summed E-state index contributed by atoms with van der Waals surface area (Å²) in [5.41, 5.74) is 0. The third kappa shape index (κ3) is 3.08. The van der Waals surface area contributed by atoms with E-state index in [4.69, 9.17) is 0 Å². The summed E-state index contributed by atoms with van der Waals surface area (Å²) < 4.78 is 0. The molecule has 39 heavy (non-hydrogen) atoms. The lowest BCUT2D eigenvalue weighted by atomic mass is 9.93. The van der Waals surface area contributed by atoms with Crippen LogP contribution in [0.25, 0.3) is 86.2 Å². The maximum Gasteiger partial charge on any atom is 0.131 e. The van der Waals surface area contributed by atoms with Crippen molar-refractivity contribution in [3.63, 3.8) is 0 Å². The Kier molecular flexibility index (Phi) is 3.99. The van der Waals surface area contributed by atoms with Crippen LogP contribution in [0.3, 0.4) is 0 Å². The molecular weight excluding hydrogens is 472 g/mol. The fraction of sp³-hybridized carbons (Fsp3) is 0. The van der Waals surface area contributed by atoms with Crippen molar-refractivity contribution < 1.29 is 5.11 Å². The van der Waals surface area contributed by atoms with Gasteiger partial charge in [-0.15, -0.1) is 0 Å². The Bertz CT molecular complexity index is 2330. The highest BCUT2D eigenvalue weighted by molar-refractivity contribution is 6.16. The molecule has 0 saturated carbocycles. The zero-order valence-corrected chi connectivity index (χ0v) is 21.1. The van der Waals surface area contributed by atoms with Gasteiger partial charge in [-0.3, -0.25) is 0 Å². The zero-order chi connectivity index (χ0) is 25.7. The number of phenols is 1. The number of rotatable bonds is 0. The lowest BCUT2D eigenvalue weighted by Gasteiger charge is -2.12. The molecule has 0 unspecified atom stereocenters. The average molecular weight is 495 g/mol. The normalized spacial score (nSPS) is 12.2. The van der Waals surface area contributed by atoms with Gasteiger partial charge in [-0.05, 0) is 154 Å². The first-order valence-corrected chi connectivity index (χ1v) is 13.4. The van der Waals surface area contributed by atoms with Crippen molar-refractivity contribution in [3.8, 4) is 5.75 Å². The van der Waals surface area contributed by atoms with E-state index in [1.54, 1.807) is 0 Å². The van der Waals surface area contributed by atoms with Crippen molar-refractivity contribution in [1.82, 2.24) is 0 Å². The summed E-state index contributed by atoms with van der Waals surface area (Å²) in [4.78, 5) is 0. The molecule has 0 heterocycles. The SMILES string of the molecule is Oc1c2cc3cc4cc5ccccc5cc4cc3cc2cc2cc3cc4cc5ccccc5cc4cc3cc12. The van der Waals surface area contributed by atoms with E-state index in [9.17, 15) is 5.11 Å². The van der Waals surface area contributed by atoms with Crippen molar-refractivity contribution in [1.29, 1.82) is 0 Å². The van der Waals surface area contributed by atoms with Crippen molar-refractivity contribution in [2.45, 2.75) is 0 Å². The van der Waals surface area contributed by atoms with E-state index in [1.165, 1.54) is 53.9 Å². The van der Waals surface area contributed by atoms with Crippen LogP contribution in [0, 0.1) is 0 Å². The summed E-state index contributed by atoms with van der Waals surface area (Å²) in [5.74, 6) is 0.350. The van der Waals surface area contributed by atoms with Gasteiger partial charge in [0.2, 0.25) is 0 Å².